The molecule has 76 valence electrons. The van der Waals surface area contributed by atoms with Gasteiger partial charge in [-0.2, -0.15) is 5.26 Å². The molecule has 1 aromatic rings. The fourth-order valence-corrected chi connectivity index (χ4v) is 1.43. The number of anilines is 1. The second-order valence-electron chi connectivity index (χ2n) is 3.26. The number of nitriles is 1. The summed E-state index contributed by atoms with van der Waals surface area (Å²) >= 11 is 5.89. The first kappa shape index (κ1) is 11.4. The minimum atomic E-state index is 0.194. The van der Waals surface area contributed by atoms with Crippen molar-refractivity contribution in [1.82, 2.24) is 0 Å². The van der Waals surface area contributed by atoms with E-state index in [9.17, 15) is 0 Å². The van der Waals surface area contributed by atoms with Crippen molar-refractivity contribution in [3.63, 3.8) is 0 Å². The van der Waals surface area contributed by atoms with Crippen LogP contribution in [0.5, 0.6) is 0 Å². The van der Waals surface area contributed by atoms with Crippen LogP contribution in [0.2, 0.25) is 5.02 Å². The molecule has 1 aromatic carbocycles. The summed E-state index contributed by atoms with van der Waals surface area (Å²) in [6, 6.07) is 7.44. The molecule has 0 heterocycles. The van der Waals surface area contributed by atoms with E-state index in [1.165, 1.54) is 0 Å². The molecule has 3 heteroatoms. The Kier molecular flexibility index (Phi) is 4.03. The second kappa shape index (κ2) is 5.29. The first-order chi connectivity index (χ1) is 7.17. The lowest BCUT2D eigenvalue weighted by atomic mass is 10.2. The van der Waals surface area contributed by atoms with E-state index in [2.05, 4.69) is 11.2 Å². The number of hydrogen-bond donors (Lipinski definition) is 1. The first-order valence-corrected chi connectivity index (χ1v) is 4.95. The quantitative estimate of drug-likeness (QED) is 0.792. The largest absolute Gasteiger partial charge is 0.382 e. The SMILES string of the molecule is C#CCC(C)Nc1ccc(C#N)c(Cl)c1. The maximum Gasteiger partial charge on any atom is 0.101 e. The Balaban J connectivity index is 2.77. The molecule has 0 fully saturated rings. The first-order valence-electron chi connectivity index (χ1n) is 4.57. The van der Waals surface area contributed by atoms with Crippen molar-refractivity contribution in [3.8, 4) is 18.4 Å². The van der Waals surface area contributed by atoms with E-state index < -0.39 is 0 Å². The van der Waals surface area contributed by atoms with Crippen molar-refractivity contribution in [1.29, 1.82) is 5.26 Å². The molecule has 1 atom stereocenters. The summed E-state index contributed by atoms with van der Waals surface area (Å²) in [7, 11) is 0. The minimum absolute atomic E-state index is 0.194. The van der Waals surface area contributed by atoms with Crippen molar-refractivity contribution in [2.45, 2.75) is 19.4 Å². The molecule has 0 amide bonds. The predicted molar refractivity (Wildman–Crippen MR) is 62.7 cm³/mol. The molecular formula is C12H11ClN2. The summed E-state index contributed by atoms with van der Waals surface area (Å²) in [5.41, 5.74) is 1.36. The third kappa shape index (κ3) is 3.20. The summed E-state index contributed by atoms with van der Waals surface area (Å²) in [6.07, 6.45) is 5.85. The zero-order chi connectivity index (χ0) is 11.3. The lowest BCUT2D eigenvalue weighted by Crippen LogP contribution is -2.13. The Hall–Kier alpha value is -1.64. The maximum absolute atomic E-state index is 8.69. The van der Waals surface area contributed by atoms with Crippen LogP contribution in [0, 0.1) is 23.7 Å². The molecule has 1 N–H and O–H groups in total. The van der Waals surface area contributed by atoms with Crippen molar-refractivity contribution < 1.29 is 0 Å². The molecule has 0 saturated carbocycles. The van der Waals surface area contributed by atoms with Gasteiger partial charge in [0.25, 0.3) is 0 Å². The summed E-state index contributed by atoms with van der Waals surface area (Å²) < 4.78 is 0. The van der Waals surface area contributed by atoms with E-state index >= 15 is 0 Å². The third-order valence-electron chi connectivity index (χ3n) is 1.93. The highest BCUT2D eigenvalue weighted by Crippen LogP contribution is 2.20. The van der Waals surface area contributed by atoms with Crippen molar-refractivity contribution in [3.05, 3.63) is 28.8 Å². The molecule has 1 rings (SSSR count). The van der Waals surface area contributed by atoms with Gasteiger partial charge < -0.3 is 5.32 Å². The van der Waals surface area contributed by atoms with E-state index in [0.717, 1.165) is 5.69 Å². The van der Waals surface area contributed by atoms with Gasteiger partial charge in [0.2, 0.25) is 0 Å². The van der Waals surface area contributed by atoms with Crippen LogP contribution in [0.4, 0.5) is 5.69 Å². The standard InChI is InChI=1S/C12H11ClN2/c1-3-4-9(2)15-11-6-5-10(8-14)12(13)7-11/h1,5-7,9,15H,4H2,2H3. The predicted octanol–water partition coefficient (Wildman–Crippen LogP) is 3.04. The molecule has 0 aliphatic heterocycles. The summed E-state index contributed by atoms with van der Waals surface area (Å²) in [5.74, 6) is 2.58. The number of nitrogens with zero attached hydrogens (tertiary/aromatic N) is 1. The monoisotopic (exact) mass is 218 g/mol. The van der Waals surface area contributed by atoms with Crippen molar-refractivity contribution in [2.24, 2.45) is 0 Å². The van der Waals surface area contributed by atoms with Crippen LogP contribution in [0.25, 0.3) is 0 Å². The van der Waals surface area contributed by atoms with Crippen LogP contribution in [0.15, 0.2) is 18.2 Å². The van der Waals surface area contributed by atoms with Gasteiger partial charge in [0.1, 0.15) is 6.07 Å². The molecule has 2 nitrogen and oxygen atoms in total. The number of terminal acetylenes is 1. The zero-order valence-corrected chi connectivity index (χ0v) is 9.17. The highest BCUT2D eigenvalue weighted by atomic mass is 35.5. The van der Waals surface area contributed by atoms with Crippen LogP contribution >= 0.6 is 11.6 Å². The van der Waals surface area contributed by atoms with Gasteiger partial charge in [-0.1, -0.05) is 11.6 Å². The average Bonchev–Trinajstić information content (AvgIpc) is 2.18. The van der Waals surface area contributed by atoms with Gasteiger partial charge in [-0.15, -0.1) is 12.3 Å². The van der Waals surface area contributed by atoms with E-state index in [4.69, 9.17) is 23.3 Å². The number of hydrogen-bond acceptors (Lipinski definition) is 2. The minimum Gasteiger partial charge on any atom is -0.382 e. The summed E-state index contributed by atoms with van der Waals surface area (Å²) in [6.45, 7) is 1.99. The van der Waals surface area contributed by atoms with E-state index in [0.29, 0.717) is 17.0 Å². The molecule has 0 saturated heterocycles. The Labute approximate surface area is 94.9 Å². The van der Waals surface area contributed by atoms with Gasteiger partial charge in [0.05, 0.1) is 10.6 Å². The molecule has 0 spiro atoms. The van der Waals surface area contributed by atoms with Crippen LogP contribution in [-0.2, 0) is 0 Å². The molecule has 1 unspecified atom stereocenters. The number of halogens is 1. The smallest absolute Gasteiger partial charge is 0.101 e. The van der Waals surface area contributed by atoms with E-state index in [-0.39, 0.29) is 6.04 Å². The number of nitrogens with one attached hydrogen (secondary N) is 1. The fraction of sp³-hybridized carbons (Fsp3) is 0.250. The third-order valence-corrected chi connectivity index (χ3v) is 2.24. The topological polar surface area (TPSA) is 35.8 Å². The normalized spacial score (nSPS) is 11.2. The van der Waals surface area contributed by atoms with Gasteiger partial charge >= 0.3 is 0 Å². The van der Waals surface area contributed by atoms with Crippen LogP contribution in [0.1, 0.15) is 18.9 Å². The molecule has 0 aliphatic carbocycles. The van der Waals surface area contributed by atoms with Gasteiger partial charge in [-0.3, -0.25) is 0 Å². The molecule has 0 aromatic heterocycles. The highest BCUT2D eigenvalue weighted by Gasteiger charge is 2.03. The lowest BCUT2D eigenvalue weighted by Gasteiger charge is -2.12. The number of benzene rings is 1. The zero-order valence-electron chi connectivity index (χ0n) is 8.42. The Morgan fingerprint density at radius 2 is 2.33 bits per heavy atom. The van der Waals surface area contributed by atoms with Crippen molar-refractivity contribution in [2.75, 3.05) is 5.32 Å². The fourth-order valence-electron chi connectivity index (χ4n) is 1.21. The Bertz CT molecular complexity index is 426. The maximum atomic E-state index is 8.69. The second-order valence-corrected chi connectivity index (χ2v) is 3.67. The lowest BCUT2D eigenvalue weighted by molar-refractivity contribution is 0.829. The summed E-state index contributed by atoms with van der Waals surface area (Å²) in [5, 5.41) is 12.3. The van der Waals surface area contributed by atoms with E-state index in [1.54, 1.807) is 12.1 Å². The molecule has 15 heavy (non-hydrogen) atoms. The summed E-state index contributed by atoms with van der Waals surface area (Å²) in [4.78, 5) is 0. The Morgan fingerprint density at radius 1 is 1.60 bits per heavy atom. The molecule has 0 radical (unpaired) electrons. The number of rotatable bonds is 3. The molecule has 0 bridgehead atoms. The van der Waals surface area contributed by atoms with Gasteiger partial charge in [-0.05, 0) is 25.1 Å². The van der Waals surface area contributed by atoms with Gasteiger partial charge in [-0.25, -0.2) is 0 Å². The molecular weight excluding hydrogens is 208 g/mol. The van der Waals surface area contributed by atoms with Crippen LogP contribution in [-0.4, -0.2) is 6.04 Å². The average molecular weight is 219 g/mol. The van der Waals surface area contributed by atoms with Crippen LogP contribution < -0.4 is 5.32 Å². The van der Waals surface area contributed by atoms with Gasteiger partial charge in [0, 0.05) is 18.2 Å². The van der Waals surface area contributed by atoms with Crippen molar-refractivity contribution >= 4 is 17.3 Å². The molecule has 0 aliphatic rings. The van der Waals surface area contributed by atoms with Crippen LogP contribution in [0.3, 0.4) is 0 Å². The highest BCUT2D eigenvalue weighted by molar-refractivity contribution is 6.32. The Morgan fingerprint density at radius 3 is 2.87 bits per heavy atom. The van der Waals surface area contributed by atoms with Gasteiger partial charge in [0.15, 0.2) is 0 Å². The van der Waals surface area contributed by atoms with E-state index in [1.807, 2.05) is 19.1 Å².